The van der Waals surface area contributed by atoms with Crippen molar-refractivity contribution in [1.82, 2.24) is 15.1 Å². The highest BCUT2D eigenvalue weighted by atomic mass is 79.9. The molecule has 1 aromatic heterocycles. The molecule has 0 saturated heterocycles. The van der Waals surface area contributed by atoms with E-state index in [-0.39, 0.29) is 12.5 Å². The summed E-state index contributed by atoms with van der Waals surface area (Å²) in [6.45, 7) is 4.90. The molecule has 0 saturated carbocycles. The molecule has 5 nitrogen and oxygen atoms in total. The van der Waals surface area contributed by atoms with E-state index in [2.05, 4.69) is 31.7 Å². The summed E-state index contributed by atoms with van der Waals surface area (Å²) in [5, 5.41) is 10.4. The first-order valence-electron chi connectivity index (χ1n) is 6.72. The minimum absolute atomic E-state index is 0.0627. The minimum Gasteiger partial charge on any atom is -0.325 e. The van der Waals surface area contributed by atoms with Crippen LogP contribution in [0.3, 0.4) is 0 Å². The number of anilines is 1. The summed E-state index contributed by atoms with van der Waals surface area (Å²) in [4.78, 5) is 11.9. The van der Waals surface area contributed by atoms with E-state index in [9.17, 15) is 4.79 Å². The maximum absolute atomic E-state index is 11.9. The van der Waals surface area contributed by atoms with Crippen molar-refractivity contribution in [2.75, 3.05) is 11.9 Å². The van der Waals surface area contributed by atoms with E-state index >= 15 is 0 Å². The molecular weight excluding hydrogens is 332 g/mol. The monoisotopic (exact) mass is 350 g/mol. The van der Waals surface area contributed by atoms with Crippen molar-refractivity contribution < 1.29 is 4.79 Å². The predicted octanol–water partition coefficient (Wildman–Crippen LogP) is 2.53. The van der Waals surface area contributed by atoms with Crippen LogP contribution in [0.2, 0.25) is 0 Å². The number of carbonyl (C=O) groups excluding carboxylic acids is 1. The molecule has 0 radical (unpaired) electrons. The van der Waals surface area contributed by atoms with Crippen molar-refractivity contribution in [3.05, 3.63) is 45.7 Å². The average molecular weight is 351 g/mol. The van der Waals surface area contributed by atoms with Gasteiger partial charge in [-0.25, -0.2) is 0 Å². The third kappa shape index (κ3) is 4.15. The third-order valence-corrected chi connectivity index (χ3v) is 3.85. The number of halogens is 1. The summed E-state index contributed by atoms with van der Waals surface area (Å²) in [6, 6.07) is 7.53. The molecule has 0 aliphatic carbocycles. The lowest BCUT2D eigenvalue weighted by atomic mass is 10.2. The summed E-state index contributed by atoms with van der Waals surface area (Å²) >= 11 is 3.38. The van der Waals surface area contributed by atoms with Crippen LogP contribution in [0.1, 0.15) is 17.0 Å². The van der Waals surface area contributed by atoms with Crippen LogP contribution in [0.5, 0.6) is 0 Å². The van der Waals surface area contributed by atoms with Crippen LogP contribution in [-0.4, -0.2) is 22.2 Å². The van der Waals surface area contributed by atoms with Crippen molar-refractivity contribution >= 4 is 27.5 Å². The van der Waals surface area contributed by atoms with E-state index in [1.807, 2.05) is 49.8 Å². The maximum atomic E-state index is 11.9. The molecule has 2 aromatic rings. The van der Waals surface area contributed by atoms with Crippen LogP contribution >= 0.6 is 15.9 Å². The van der Waals surface area contributed by atoms with Crippen molar-refractivity contribution in [3.8, 4) is 0 Å². The molecule has 1 heterocycles. The molecule has 112 valence electrons. The van der Waals surface area contributed by atoms with Gasteiger partial charge in [0.15, 0.2) is 0 Å². The van der Waals surface area contributed by atoms with Crippen LogP contribution in [0.15, 0.2) is 28.7 Å². The number of carbonyl (C=O) groups is 1. The molecule has 0 atom stereocenters. The zero-order valence-corrected chi connectivity index (χ0v) is 14.0. The SMILES string of the molecule is Cc1nn(C)c(C)c1CNCC(=O)Nc1cccc(Br)c1. The third-order valence-electron chi connectivity index (χ3n) is 3.35. The van der Waals surface area contributed by atoms with Crippen molar-refractivity contribution in [2.45, 2.75) is 20.4 Å². The van der Waals surface area contributed by atoms with Crippen molar-refractivity contribution in [1.29, 1.82) is 0 Å². The standard InChI is InChI=1S/C15H19BrN4O/c1-10-14(11(2)20(3)19-10)8-17-9-15(21)18-13-6-4-5-12(16)7-13/h4-7,17H,8-9H2,1-3H3,(H,18,21). The van der Waals surface area contributed by atoms with Gasteiger partial charge >= 0.3 is 0 Å². The molecule has 0 unspecified atom stereocenters. The fourth-order valence-electron chi connectivity index (χ4n) is 2.15. The molecular formula is C15H19BrN4O. The number of hydrogen-bond donors (Lipinski definition) is 2. The van der Waals surface area contributed by atoms with Gasteiger partial charge in [0.1, 0.15) is 0 Å². The van der Waals surface area contributed by atoms with Crippen LogP contribution < -0.4 is 10.6 Å². The van der Waals surface area contributed by atoms with E-state index in [0.29, 0.717) is 6.54 Å². The van der Waals surface area contributed by atoms with Crippen LogP contribution in [0, 0.1) is 13.8 Å². The topological polar surface area (TPSA) is 59.0 Å². The second-order valence-electron chi connectivity index (χ2n) is 4.94. The molecule has 0 spiro atoms. The van der Waals surface area contributed by atoms with Crippen LogP contribution in [-0.2, 0) is 18.4 Å². The Morgan fingerprint density at radius 3 is 2.76 bits per heavy atom. The number of nitrogens with zero attached hydrogens (tertiary/aromatic N) is 2. The summed E-state index contributed by atoms with van der Waals surface area (Å²) in [6.07, 6.45) is 0. The van der Waals surface area contributed by atoms with Gasteiger partial charge < -0.3 is 10.6 Å². The van der Waals surface area contributed by atoms with Gasteiger partial charge in [-0.05, 0) is 32.0 Å². The fraction of sp³-hybridized carbons (Fsp3) is 0.333. The number of aromatic nitrogens is 2. The lowest BCUT2D eigenvalue weighted by molar-refractivity contribution is -0.115. The molecule has 1 aromatic carbocycles. The van der Waals surface area contributed by atoms with E-state index in [0.717, 1.165) is 27.1 Å². The van der Waals surface area contributed by atoms with E-state index in [4.69, 9.17) is 0 Å². The van der Waals surface area contributed by atoms with Gasteiger partial charge in [0, 0.05) is 35.0 Å². The molecule has 1 amide bonds. The Morgan fingerprint density at radius 2 is 2.14 bits per heavy atom. The normalized spacial score (nSPS) is 10.7. The van der Waals surface area contributed by atoms with Gasteiger partial charge in [0.2, 0.25) is 5.91 Å². The number of rotatable bonds is 5. The number of benzene rings is 1. The highest BCUT2D eigenvalue weighted by Crippen LogP contribution is 2.15. The maximum Gasteiger partial charge on any atom is 0.238 e. The van der Waals surface area contributed by atoms with Crippen LogP contribution in [0.25, 0.3) is 0 Å². The number of amides is 1. The molecule has 0 aliphatic rings. The highest BCUT2D eigenvalue weighted by molar-refractivity contribution is 9.10. The Kier molecular flexibility index (Phi) is 5.14. The molecule has 0 bridgehead atoms. The lowest BCUT2D eigenvalue weighted by Gasteiger charge is -2.07. The number of hydrogen-bond acceptors (Lipinski definition) is 3. The Balaban J connectivity index is 1.84. The summed E-state index contributed by atoms with van der Waals surface area (Å²) in [7, 11) is 1.92. The molecule has 0 fully saturated rings. The van der Waals surface area contributed by atoms with Gasteiger partial charge in [0.05, 0.1) is 12.2 Å². The largest absolute Gasteiger partial charge is 0.325 e. The Hall–Kier alpha value is -1.66. The summed E-state index contributed by atoms with van der Waals surface area (Å²) in [5.41, 5.74) is 4.04. The van der Waals surface area contributed by atoms with Gasteiger partial charge in [-0.3, -0.25) is 9.48 Å². The lowest BCUT2D eigenvalue weighted by Crippen LogP contribution is -2.28. The molecule has 2 N–H and O–H groups in total. The average Bonchev–Trinajstić information content (AvgIpc) is 2.65. The Bertz CT molecular complexity index is 651. The molecule has 0 aliphatic heterocycles. The van der Waals surface area contributed by atoms with Gasteiger partial charge in [-0.15, -0.1) is 0 Å². The fourth-order valence-corrected chi connectivity index (χ4v) is 2.54. The zero-order chi connectivity index (χ0) is 15.4. The quantitative estimate of drug-likeness (QED) is 0.870. The van der Waals surface area contributed by atoms with Gasteiger partial charge in [0.25, 0.3) is 0 Å². The van der Waals surface area contributed by atoms with Gasteiger partial charge in [-0.2, -0.15) is 5.10 Å². The van der Waals surface area contributed by atoms with Gasteiger partial charge in [-0.1, -0.05) is 22.0 Å². The molecule has 21 heavy (non-hydrogen) atoms. The summed E-state index contributed by atoms with van der Waals surface area (Å²) < 4.78 is 2.79. The first-order chi connectivity index (χ1) is 9.97. The van der Waals surface area contributed by atoms with Crippen molar-refractivity contribution in [3.63, 3.8) is 0 Å². The minimum atomic E-state index is -0.0627. The highest BCUT2D eigenvalue weighted by Gasteiger charge is 2.09. The Morgan fingerprint density at radius 1 is 1.38 bits per heavy atom. The second kappa shape index (κ2) is 6.87. The number of nitrogens with one attached hydrogen (secondary N) is 2. The molecule has 2 rings (SSSR count). The second-order valence-corrected chi connectivity index (χ2v) is 5.85. The first kappa shape index (κ1) is 15.7. The molecule has 6 heteroatoms. The number of aryl methyl sites for hydroxylation is 2. The Labute approximate surface area is 132 Å². The van der Waals surface area contributed by atoms with E-state index in [1.54, 1.807) is 0 Å². The first-order valence-corrected chi connectivity index (χ1v) is 7.52. The summed E-state index contributed by atoms with van der Waals surface area (Å²) in [5.74, 6) is -0.0627. The van der Waals surface area contributed by atoms with Crippen molar-refractivity contribution in [2.24, 2.45) is 7.05 Å². The predicted molar refractivity (Wildman–Crippen MR) is 87.2 cm³/mol. The van der Waals surface area contributed by atoms with E-state index < -0.39 is 0 Å². The van der Waals surface area contributed by atoms with E-state index in [1.165, 1.54) is 0 Å². The smallest absolute Gasteiger partial charge is 0.238 e. The zero-order valence-electron chi connectivity index (χ0n) is 12.4. The van der Waals surface area contributed by atoms with Crippen LogP contribution in [0.4, 0.5) is 5.69 Å².